The molecule has 108 valence electrons. The summed E-state index contributed by atoms with van der Waals surface area (Å²) in [6.45, 7) is 8.96. The lowest BCUT2D eigenvalue weighted by Gasteiger charge is -2.27. The maximum Gasteiger partial charge on any atom is 0.187 e. The predicted octanol–water partition coefficient (Wildman–Crippen LogP) is 0.500. The zero-order valence-corrected chi connectivity index (χ0v) is 12.5. The lowest BCUT2D eigenvalue weighted by molar-refractivity contribution is 0.222. The van der Waals surface area contributed by atoms with Gasteiger partial charge in [-0.1, -0.05) is 0 Å². The van der Waals surface area contributed by atoms with Gasteiger partial charge in [-0.15, -0.1) is 0 Å². The molecule has 0 unspecified atom stereocenters. The van der Waals surface area contributed by atoms with Gasteiger partial charge in [-0.25, -0.2) is 5.43 Å². The summed E-state index contributed by atoms with van der Waals surface area (Å²) >= 11 is 5.58. The number of rotatable bonds is 5. The van der Waals surface area contributed by atoms with Crippen molar-refractivity contribution in [2.24, 2.45) is 0 Å². The molecule has 5 nitrogen and oxygen atoms in total. The van der Waals surface area contributed by atoms with Gasteiger partial charge in [-0.2, -0.15) is 0 Å². The number of likely N-dealkylation sites (tertiary alicyclic amines) is 2. The molecule has 0 aliphatic carbocycles. The van der Waals surface area contributed by atoms with Crippen molar-refractivity contribution < 1.29 is 0 Å². The van der Waals surface area contributed by atoms with Crippen molar-refractivity contribution in [2.75, 3.05) is 52.6 Å². The highest BCUT2D eigenvalue weighted by atomic mass is 32.1. The quantitative estimate of drug-likeness (QED) is 0.738. The van der Waals surface area contributed by atoms with Crippen molar-refractivity contribution in [3.05, 3.63) is 0 Å². The number of hydrogen-bond acceptors (Lipinski definition) is 4. The van der Waals surface area contributed by atoms with E-state index < -0.39 is 0 Å². The highest BCUT2D eigenvalue weighted by Gasteiger charge is 2.27. The fraction of sp³-hybridized carbons (Fsp3) is 0.923. The Kier molecular flexibility index (Phi) is 4.53. The van der Waals surface area contributed by atoms with Crippen LogP contribution in [0.4, 0.5) is 0 Å². The fourth-order valence-corrected chi connectivity index (χ4v) is 3.46. The summed E-state index contributed by atoms with van der Waals surface area (Å²) in [4.78, 5) is 7.31. The van der Waals surface area contributed by atoms with E-state index in [1.54, 1.807) is 0 Å². The highest BCUT2D eigenvalue weighted by Crippen LogP contribution is 2.13. The predicted molar refractivity (Wildman–Crippen MR) is 80.5 cm³/mol. The molecule has 3 saturated heterocycles. The Morgan fingerprint density at radius 2 is 1.47 bits per heavy atom. The molecule has 0 aromatic rings. The molecule has 0 radical (unpaired) electrons. The molecule has 0 atom stereocenters. The van der Waals surface area contributed by atoms with Crippen LogP contribution in [0.3, 0.4) is 0 Å². The van der Waals surface area contributed by atoms with Gasteiger partial charge in [0.25, 0.3) is 0 Å². The lowest BCUT2D eigenvalue weighted by Crippen LogP contribution is -2.47. The highest BCUT2D eigenvalue weighted by molar-refractivity contribution is 7.80. The Labute approximate surface area is 121 Å². The molecule has 3 heterocycles. The van der Waals surface area contributed by atoms with Crippen LogP contribution in [0.25, 0.3) is 0 Å². The van der Waals surface area contributed by atoms with Gasteiger partial charge in [0.15, 0.2) is 5.11 Å². The van der Waals surface area contributed by atoms with Gasteiger partial charge in [0.2, 0.25) is 0 Å². The van der Waals surface area contributed by atoms with Crippen LogP contribution in [0.1, 0.15) is 25.7 Å². The first-order chi connectivity index (χ1) is 9.33. The van der Waals surface area contributed by atoms with Crippen LogP contribution in [-0.4, -0.2) is 77.4 Å². The molecule has 6 heteroatoms. The van der Waals surface area contributed by atoms with E-state index in [2.05, 4.69) is 25.1 Å². The third-order valence-electron chi connectivity index (χ3n) is 4.35. The van der Waals surface area contributed by atoms with E-state index >= 15 is 0 Å². The van der Waals surface area contributed by atoms with Crippen LogP contribution in [-0.2, 0) is 0 Å². The number of nitrogens with zero attached hydrogens (tertiary/aromatic N) is 4. The van der Waals surface area contributed by atoms with Gasteiger partial charge in [0.1, 0.15) is 0 Å². The number of hydrazine groups is 1. The van der Waals surface area contributed by atoms with Crippen LogP contribution in [0.15, 0.2) is 0 Å². The van der Waals surface area contributed by atoms with Crippen LogP contribution >= 0.6 is 12.2 Å². The Hall–Kier alpha value is -0.430. The molecule has 0 aromatic heterocycles. The summed E-state index contributed by atoms with van der Waals surface area (Å²) in [5.41, 5.74) is 3.49. The molecule has 0 saturated carbocycles. The summed E-state index contributed by atoms with van der Waals surface area (Å²) in [6, 6.07) is 0. The van der Waals surface area contributed by atoms with Gasteiger partial charge in [0, 0.05) is 6.54 Å². The third-order valence-corrected chi connectivity index (χ3v) is 4.83. The lowest BCUT2D eigenvalue weighted by atomic mass is 10.4. The largest absolute Gasteiger partial charge is 0.333 e. The zero-order valence-electron chi connectivity index (χ0n) is 11.7. The van der Waals surface area contributed by atoms with Gasteiger partial charge in [0.05, 0.1) is 19.9 Å². The standard InChI is InChI=1S/C13H25N5S/c19-13-17(12-16-7-3-4-8-16)9-10-18(13)14-11-15-5-1-2-6-15/h14H,1-12H2. The summed E-state index contributed by atoms with van der Waals surface area (Å²) in [6.07, 6.45) is 5.37. The van der Waals surface area contributed by atoms with Crippen LogP contribution in [0.5, 0.6) is 0 Å². The van der Waals surface area contributed by atoms with Crippen LogP contribution < -0.4 is 5.43 Å². The molecule has 1 N–H and O–H groups in total. The summed E-state index contributed by atoms with van der Waals surface area (Å²) in [5, 5.41) is 3.13. The van der Waals surface area contributed by atoms with E-state index in [1.807, 2.05) is 0 Å². The molecule has 19 heavy (non-hydrogen) atoms. The maximum atomic E-state index is 5.58. The third kappa shape index (κ3) is 3.37. The van der Waals surface area contributed by atoms with Crippen LogP contribution in [0.2, 0.25) is 0 Å². The van der Waals surface area contributed by atoms with E-state index in [0.717, 1.165) is 31.5 Å². The Morgan fingerprint density at radius 1 is 0.842 bits per heavy atom. The molecular weight excluding hydrogens is 258 g/mol. The molecule has 0 amide bonds. The molecule has 3 aliphatic heterocycles. The number of thiocarbonyl (C=S) groups is 1. The molecular formula is C13H25N5S. The summed E-state index contributed by atoms with van der Waals surface area (Å²) < 4.78 is 0. The fourth-order valence-electron chi connectivity index (χ4n) is 3.15. The Morgan fingerprint density at radius 3 is 2.16 bits per heavy atom. The molecule has 0 aromatic carbocycles. The van der Waals surface area contributed by atoms with Crippen LogP contribution in [0, 0.1) is 0 Å². The zero-order chi connectivity index (χ0) is 13.1. The van der Waals surface area contributed by atoms with Gasteiger partial charge < -0.3 is 4.90 Å². The topological polar surface area (TPSA) is 25.0 Å². The van der Waals surface area contributed by atoms with Crippen molar-refractivity contribution >= 4 is 17.3 Å². The Bertz CT molecular complexity index is 312. The monoisotopic (exact) mass is 283 g/mol. The van der Waals surface area contributed by atoms with E-state index in [9.17, 15) is 0 Å². The smallest absolute Gasteiger partial charge is 0.187 e. The second-order valence-corrected chi connectivity index (χ2v) is 6.17. The second-order valence-electron chi connectivity index (χ2n) is 5.81. The van der Waals surface area contributed by atoms with Crippen molar-refractivity contribution in [1.29, 1.82) is 0 Å². The Balaban J connectivity index is 1.42. The van der Waals surface area contributed by atoms with Gasteiger partial charge in [-0.05, 0) is 64.1 Å². The number of hydrogen-bond donors (Lipinski definition) is 1. The van der Waals surface area contributed by atoms with E-state index in [4.69, 9.17) is 12.2 Å². The van der Waals surface area contributed by atoms with E-state index in [-0.39, 0.29) is 0 Å². The number of nitrogens with one attached hydrogen (secondary N) is 1. The first kappa shape index (κ1) is 13.5. The van der Waals surface area contributed by atoms with Gasteiger partial charge in [-0.3, -0.25) is 14.8 Å². The minimum Gasteiger partial charge on any atom is -0.333 e. The molecule has 3 rings (SSSR count). The first-order valence-corrected chi connectivity index (χ1v) is 7.98. The van der Waals surface area contributed by atoms with Crippen molar-refractivity contribution in [3.63, 3.8) is 0 Å². The summed E-state index contributed by atoms with van der Waals surface area (Å²) in [5.74, 6) is 0. The normalized spacial score (nSPS) is 26.0. The molecule has 0 spiro atoms. The molecule has 3 fully saturated rings. The van der Waals surface area contributed by atoms with E-state index in [1.165, 1.54) is 51.9 Å². The van der Waals surface area contributed by atoms with Crippen molar-refractivity contribution in [1.82, 2.24) is 25.1 Å². The molecule has 3 aliphatic rings. The molecule has 0 bridgehead atoms. The van der Waals surface area contributed by atoms with Crippen molar-refractivity contribution in [3.8, 4) is 0 Å². The first-order valence-electron chi connectivity index (χ1n) is 7.57. The summed E-state index contributed by atoms with van der Waals surface area (Å²) in [7, 11) is 0. The maximum absolute atomic E-state index is 5.58. The SMILES string of the molecule is S=C1N(CN2CCCC2)CCN1NCN1CCCC1. The van der Waals surface area contributed by atoms with E-state index in [0.29, 0.717) is 0 Å². The average molecular weight is 283 g/mol. The second kappa shape index (κ2) is 6.35. The average Bonchev–Trinajstić information content (AvgIpc) is 3.13. The van der Waals surface area contributed by atoms with Gasteiger partial charge >= 0.3 is 0 Å². The minimum absolute atomic E-state index is 0.942. The van der Waals surface area contributed by atoms with Crippen molar-refractivity contribution in [2.45, 2.75) is 25.7 Å². The minimum atomic E-state index is 0.942.